The van der Waals surface area contributed by atoms with Crippen molar-refractivity contribution in [2.75, 3.05) is 14.2 Å². The second-order valence-electron chi connectivity index (χ2n) is 0.983. The first-order chi connectivity index (χ1) is 3.72. The monoisotopic (exact) mass is 176 g/mol. The molecular formula is C4H6NiO4. The molecule has 9 heavy (non-hydrogen) atoms. The van der Waals surface area contributed by atoms with Crippen LogP contribution in [0.15, 0.2) is 0 Å². The van der Waals surface area contributed by atoms with Crippen LogP contribution in [0.2, 0.25) is 0 Å². The summed E-state index contributed by atoms with van der Waals surface area (Å²) in [6.07, 6.45) is 0. The summed E-state index contributed by atoms with van der Waals surface area (Å²) in [6.45, 7) is 0. The maximum absolute atomic E-state index is 10.0. The van der Waals surface area contributed by atoms with Gasteiger partial charge in [-0.15, -0.1) is 0 Å². The maximum atomic E-state index is 10.0. The standard InChI is InChI=1S/C4H6O4.Ni/c1-7-3(5)4(6)8-2;/h1-2H3;. The van der Waals surface area contributed by atoms with E-state index >= 15 is 0 Å². The molecule has 0 atom stereocenters. The molecule has 0 aromatic carbocycles. The van der Waals surface area contributed by atoms with Gasteiger partial charge in [-0.05, 0) is 0 Å². The van der Waals surface area contributed by atoms with E-state index in [1.54, 1.807) is 0 Å². The largest absolute Gasteiger partial charge is 0.461 e. The van der Waals surface area contributed by atoms with E-state index in [0.29, 0.717) is 0 Å². The Bertz CT molecular complexity index is 97.1. The van der Waals surface area contributed by atoms with Crippen LogP contribution in [0.5, 0.6) is 0 Å². The van der Waals surface area contributed by atoms with Crippen molar-refractivity contribution in [3.05, 3.63) is 0 Å². The van der Waals surface area contributed by atoms with E-state index in [9.17, 15) is 9.59 Å². The van der Waals surface area contributed by atoms with Gasteiger partial charge in [0.25, 0.3) is 0 Å². The summed E-state index contributed by atoms with van der Waals surface area (Å²) in [5.74, 6) is -1.96. The molecule has 56 valence electrons. The zero-order chi connectivity index (χ0) is 6.57. The molecule has 5 heteroatoms. The van der Waals surface area contributed by atoms with Crippen molar-refractivity contribution in [2.45, 2.75) is 0 Å². The first-order valence-electron chi connectivity index (χ1n) is 1.88. The average molecular weight is 177 g/mol. The fourth-order valence-electron chi connectivity index (χ4n) is 0.167. The normalized spacial score (nSPS) is 6.89. The van der Waals surface area contributed by atoms with E-state index in [2.05, 4.69) is 9.47 Å². The van der Waals surface area contributed by atoms with E-state index in [1.807, 2.05) is 0 Å². The number of hydrogen-bond acceptors (Lipinski definition) is 4. The number of methoxy groups -OCH3 is 2. The third-order valence-corrected chi connectivity index (χ3v) is 0.537. The van der Waals surface area contributed by atoms with E-state index in [4.69, 9.17) is 0 Å². The quantitative estimate of drug-likeness (QED) is 0.279. The Morgan fingerprint density at radius 2 is 1.22 bits per heavy atom. The first kappa shape index (κ1) is 11.3. The molecular weight excluding hydrogens is 171 g/mol. The predicted molar refractivity (Wildman–Crippen MR) is 24.0 cm³/mol. The van der Waals surface area contributed by atoms with Crippen LogP contribution < -0.4 is 0 Å². The fraction of sp³-hybridized carbons (Fsp3) is 0.500. The Kier molecular flexibility index (Phi) is 6.97. The molecule has 0 saturated heterocycles. The summed E-state index contributed by atoms with van der Waals surface area (Å²) in [7, 11) is 2.22. The number of hydrogen-bond donors (Lipinski definition) is 0. The predicted octanol–water partition coefficient (Wildman–Crippen LogP) is -0.670. The Hall–Kier alpha value is -0.566. The van der Waals surface area contributed by atoms with Crippen molar-refractivity contribution in [1.82, 2.24) is 0 Å². The second kappa shape index (κ2) is 5.57. The molecule has 0 heterocycles. The van der Waals surface area contributed by atoms with Gasteiger partial charge in [0, 0.05) is 16.5 Å². The van der Waals surface area contributed by atoms with Crippen LogP contribution >= 0.6 is 0 Å². The van der Waals surface area contributed by atoms with Gasteiger partial charge in [0.2, 0.25) is 0 Å². The molecule has 0 aliphatic heterocycles. The average Bonchev–Trinajstić information content (AvgIpc) is 1.84. The summed E-state index contributed by atoms with van der Waals surface area (Å²) in [4.78, 5) is 20.1. The van der Waals surface area contributed by atoms with Crippen molar-refractivity contribution < 1.29 is 35.6 Å². The second-order valence-corrected chi connectivity index (χ2v) is 0.983. The zero-order valence-corrected chi connectivity index (χ0v) is 5.94. The van der Waals surface area contributed by atoms with Gasteiger partial charge in [0.05, 0.1) is 14.2 Å². The van der Waals surface area contributed by atoms with Gasteiger partial charge in [-0.3, -0.25) is 0 Å². The van der Waals surface area contributed by atoms with Crippen molar-refractivity contribution in [2.24, 2.45) is 0 Å². The molecule has 4 nitrogen and oxygen atoms in total. The van der Waals surface area contributed by atoms with Crippen LogP contribution in [-0.4, -0.2) is 26.2 Å². The molecule has 0 rings (SSSR count). The van der Waals surface area contributed by atoms with Crippen LogP contribution in [0, 0.1) is 0 Å². The molecule has 0 aliphatic rings. The number of rotatable bonds is 0. The molecule has 0 spiro atoms. The van der Waals surface area contributed by atoms with Crippen LogP contribution in [0.25, 0.3) is 0 Å². The van der Waals surface area contributed by atoms with Crippen molar-refractivity contribution in [3.63, 3.8) is 0 Å². The van der Waals surface area contributed by atoms with Gasteiger partial charge in [-0.2, -0.15) is 0 Å². The zero-order valence-electron chi connectivity index (χ0n) is 4.95. The minimum atomic E-state index is -0.979. The van der Waals surface area contributed by atoms with Gasteiger partial charge in [-0.25, -0.2) is 9.59 Å². The van der Waals surface area contributed by atoms with Gasteiger partial charge >= 0.3 is 11.9 Å². The molecule has 0 aliphatic carbocycles. The van der Waals surface area contributed by atoms with Crippen molar-refractivity contribution >= 4 is 11.9 Å². The Morgan fingerprint density at radius 3 is 1.33 bits per heavy atom. The SMILES string of the molecule is COC(=O)C(=O)OC.[Ni]. The number of ether oxygens (including phenoxy) is 2. The molecule has 0 fully saturated rings. The minimum absolute atomic E-state index is 0. The van der Waals surface area contributed by atoms with E-state index in [0.717, 1.165) is 14.2 Å². The molecule has 0 aromatic rings. The van der Waals surface area contributed by atoms with Crippen LogP contribution in [0.1, 0.15) is 0 Å². The van der Waals surface area contributed by atoms with Gasteiger partial charge in [0.15, 0.2) is 0 Å². The van der Waals surface area contributed by atoms with Crippen LogP contribution in [0.3, 0.4) is 0 Å². The molecule has 0 aromatic heterocycles. The third-order valence-electron chi connectivity index (χ3n) is 0.537. The smallest absolute Gasteiger partial charge is 0.417 e. The van der Waals surface area contributed by atoms with E-state index < -0.39 is 11.9 Å². The maximum Gasteiger partial charge on any atom is 0.417 e. The molecule has 0 bridgehead atoms. The molecule has 0 saturated carbocycles. The fourth-order valence-corrected chi connectivity index (χ4v) is 0.167. The molecule has 0 N–H and O–H groups in total. The van der Waals surface area contributed by atoms with E-state index in [-0.39, 0.29) is 16.5 Å². The number of carbonyl (C=O) groups excluding carboxylic acids is 2. The topological polar surface area (TPSA) is 52.6 Å². The first-order valence-corrected chi connectivity index (χ1v) is 1.88. The number of esters is 2. The molecule has 0 radical (unpaired) electrons. The Morgan fingerprint density at radius 1 is 1.00 bits per heavy atom. The number of carbonyl (C=O) groups is 2. The third kappa shape index (κ3) is 3.97. The molecule has 0 amide bonds. The summed E-state index contributed by atoms with van der Waals surface area (Å²) in [6, 6.07) is 0. The minimum Gasteiger partial charge on any atom is -0.461 e. The summed E-state index contributed by atoms with van der Waals surface area (Å²) >= 11 is 0. The summed E-state index contributed by atoms with van der Waals surface area (Å²) in [5, 5.41) is 0. The van der Waals surface area contributed by atoms with E-state index in [1.165, 1.54) is 0 Å². The van der Waals surface area contributed by atoms with Gasteiger partial charge in [-0.1, -0.05) is 0 Å². The van der Waals surface area contributed by atoms with Crippen LogP contribution in [-0.2, 0) is 35.6 Å². The van der Waals surface area contributed by atoms with Crippen molar-refractivity contribution in [1.29, 1.82) is 0 Å². The van der Waals surface area contributed by atoms with Crippen LogP contribution in [0.4, 0.5) is 0 Å². The van der Waals surface area contributed by atoms with Crippen molar-refractivity contribution in [3.8, 4) is 0 Å². The van der Waals surface area contributed by atoms with Gasteiger partial charge in [0.1, 0.15) is 0 Å². The Labute approximate surface area is 62.4 Å². The summed E-state index contributed by atoms with van der Waals surface area (Å²) < 4.78 is 7.98. The summed E-state index contributed by atoms with van der Waals surface area (Å²) in [5.41, 5.74) is 0. The van der Waals surface area contributed by atoms with Gasteiger partial charge < -0.3 is 9.47 Å². The molecule has 0 unspecified atom stereocenters. The Balaban J connectivity index is 0.